The predicted molar refractivity (Wildman–Crippen MR) is 55.8 cm³/mol. The monoisotopic (exact) mass is 268 g/mol. The number of nitrogens with two attached hydrogens (primary N) is 1. The average molecular weight is 269 g/mol. The first kappa shape index (κ1) is 13.7. The average Bonchev–Trinajstić information content (AvgIpc) is 2.15. The summed E-state index contributed by atoms with van der Waals surface area (Å²) in [6.45, 7) is 0. The summed E-state index contributed by atoms with van der Waals surface area (Å²) in [5.74, 6) is 0. The molecule has 0 heterocycles. The van der Waals surface area contributed by atoms with Crippen LogP contribution in [-0.4, -0.2) is 17.1 Å². The zero-order valence-electron chi connectivity index (χ0n) is 8.37. The Bertz CT molecular complexity index is 437. The van der Waals surface area contributed by atoms with Crippen LogP contribution in [0.5, 0.6) is 0 Å². The molecular weight excluding hydrogens is 261 g/mol. The Morgan fingerprint density at radius 1 is 1.47 bits per heavy atom. The molecule has 0 radical (unpaired) electrons. The summed E-state index contributed by atoms with van der Waals surface area (Å²) in [5, 5.41) is 10.2. The maximum Gasteiger partial charge on any atom is 0.403 e. The number of rotatable bonds is 3. The molecule has 0 aliphatic heterocycles. The van der Waals surface area contributed by atoms with Gasteiger partial charge in [0.2, 0.25) is 0 Å². The lowest BCUT2D eigenvalue weighted by atomic mass is 10.1. The number of nitro groups is 1. The molecule has 1 rings (SSSR count). The number of nitro benzene ring substituents is 1. The summed E-state index contributed by atoms with van der Waals surface area (Å²) >= 11 is 5.56. The lowest BCUT2D eigenvalue weighted by molar-refractivity contribution is -0.384. The van der Waals surface area contributed by atoms with E-state index in [1.165, 1.54) is 6.07 Å². The third-order valence-corrected chi connectivity index (χ3v) is 2.39. The Morgan fingerprint density at radius 2 is 2.06 bits per heavy atom. The van der Waals surface area contributed by atoms with Crippen molar-refractivity contribution in [1.29, 1.82) is 0 Å². The molecule has 0 spiro atoms. The van der Waals surface area contributed by atoms with Crippen LogP contribution in [-0.2, 0) is 6.42 Å². The molecule has 1 aromatic rings. The summed E-state index contributed by atoms with van der Waals surface area (Å²) in [6.07, 6.45) is -4.98. The van der Waals surface area contributed by atoms with E-state index in [4.69, 9.17) is 17.3 Å². The summed E-state index contributed by atoms with van der Waals surface area (Å²) in [6, 6.07) is 1.36. The molecule has 0 aromatic heterocycles. The van der Waals surface area contributed by atoms with Crippen LogP contribution in [0.25, 0.3) is 0 Å². The van der Waals surface area contributed by atoms with E-state index in [-0.39, 0.29) is 16.3 Å². The van der Waals surface area contributed by atoms with Crippen LogP contribution in [0.3, 0.4) is 0 Å². The lowest BCUT2D eigenvalue weighted by Crippen LogP contribution is -2.39. The van der Waals surface area contributed by atoms with Gasteiger partial charge in [-0.3, -0.25) is 10.1 Å². The summed E-state index contributed by atoms with van der Waals surface area (Å²) in [7, 11) is 0. The highest BCUT2D eigenvalue weighted by Gasteiger charge is 2.36. The molecule has 0 bridgehead atoms. The van der Waals surface area contributed by atoms with Gasteiger partial charge in [-0.2, -0.15) is 13.2 Å². The smallest absolute Gasteiger partial charge is 0.320 e. The Hall–Kier alpha value is -1.34. The van der Waals surface area contributed by atoms with Crippen molar-refractivity contribution in [2.45, 2.75) is 18.6 Å². The minimum absolute atomic E-state index is 0.199. The molecule has 2 N–H and O–H groups in total. The van der Waals surface area contributed by atoms with Gasteiger partial charge in [0.05, 0.1) is 4.92 Å². The van der Waals surface area contributed by atoms with Crippen molar-refractivity contribution >= 4 is 17.3 Å². The van der Waals surface area contributed by atoms with Crippen LogP contribution in [0.4, 0.5) is 18.9 Å². The molecule has 8 heteroatoms. The highest BCUT2D eigenvalue weighted by molar-refractivity contribution is 6.32. The second-order valence-electron chi connectivity index (χ2n) is 3.40. The van der Waals surface area contributed by atoms with E-state index < -0.39 is 23.6 Å². The van der Waals surface area contributed by atoms with E-state index in [9.17, 15) is 23.3 Å². The van der Waals surface area contributed by atoms with Crippen LogP contribution >= 0.6 is 11.6 Å². The summed E-state index contributed by atoms with van der Waals surface area (Å²) < 4.78 is 36.5. The number of hydrogen-bond acceptors (Lipinski definition) is 3. The lowest BCUT2D eigenvalue weighted by Gasteiger charge is -2.15. The number of alkyl halides is 3. The molecule has 0 fully saturated rings. The molecule has 1 atom stereocenters. The molecule has 4 nitrogen and oxygen atoms in total. The van der Waals surface area contributed by atoms with Gasteiger partial charge in [0.15, 0.2) is 0 Å². The van der Waals surface area contributed by atoms with E-state index in [0.717, 1.165) is 12.1 Å². The van der Waals surface area contributed by atoms with Crippen molar-refractivity contribution in [3.05, 3.63) is 38.9 Å². The zero-order valence-corrected chi connectivity index (χ0v) is 9.13. The third-order valence-electron chi connectivity index (χ3n) is 2.08. The van der Waals surface area contributed by atoms with E-state index in [1.807, 2.05) is 0 Å². The van der Waals surface area contributed by atoms with E-state index in [1.54, 1.807) is 0 Å². The van der Waals surface area contributed by atoms with Gasteiger partial charge in [0.1, 0.15) is 11.1 Å². The van der Waals surface area contributed by atoms with Crippen LogP contribution < -0.4 is 5.73 Å². The number of hydrogen-bond donors (Lipinski definition) is 1. The minimum atomic E-state index is -4.51. The second-order valence-corrected chi connectivity index (χ2v) is 3.80. The van der Waals surface area contributed by atoms with Crippen LogP contribution in [0.1, 0.15) is 5.56 Å². The van der Waals surface area contributed by atoms with Gasteiger partial charge >= 0.3 is 6.18 Å². The molecule has 0 saturated carbocycles. The van der Waals surface area contributed by atoms with Gasteiger partial charge < -0.3 is 5.73 Å². The third kappa shape index (κ3) is 3.57. The van der Waals surface area contributed by atoms with Crippen molar-refractivity contribution < 1.29 is 18.1 Å². The van der Waals surface area contributed by atoms with Crippen molar-refractivity contribution in [1.82, 2.24) is 0 Å². The van der Waals surface area contributed by atoms with Crippen molar-refractivity contribution in [2.24, 2.45) is 5.73 Å². The number of benzene rings is 1. The Balaban J connectivity index is 2.88. The number of nitrogens with zero attached hydrogens (tertiary/aromatic N) is 1. The van der Waals surface area contributed by atoms with Gasteiger partial charge in [-0.25, -0.2) is 0 Å². The Kier molecular flexibility index (Phi) is 3.94. The largest absolute Gasteiger partial charge is 0.403 e. The number of halogens is 4. The second kappa shape index (κ2) is 4.89. The first-order chi connectivity index (χ1) is 7.71. The zero-order chi connectivity index (χ0) is 13.2. The van der Waals surface area contributed by atoms with Gasteiger partial charge in [-0.1, -0.05) is 17.7 Å². The normalized spacial score (nSPS) is 13.5. The first-order valence-corrected chi connectivity index (χ1v) is 4.84. The molecule has 94 valence electrons. The molecule has 0 saturated heterocycles. The van der Waals surface area contributed by atoms with Crippen LogP contribution in [0, 0.1) is 10.1 Å². The Morgan fingerprint density at radius 3 is 2.47 bits per heavy atom. The Labute approximate surface area is 99.3 Å². The fourth-order valence-electron chi connectivity index (χ4n) is 1.20. The van der Waals surface area contributed by atoms with Gasteiger partial charge in [-0.15, -0.1) is 0 Å². The van der Waals surface area contributed by atoms with Crippen molar-refractivity contribution in [3.63, 3.8) is 0 Å². The highest BCUT2D eigenvalue weighted by Crippen LogP contribution is 2.27. The highest BCUT2D eigenvalue weighted by atomic mass is 35.5. The molecule has 0 amide bonds. The van der Waals surface area contributed by atoms with Crippen LogP contribution in [0.15, 0.2) is 18.2 Å². The van der Waals surface area contributed by atoms with Crippen molar-refractivity contribution in [2.75, 3.05) is 0 Å². The maximum absolute atomic E-state index is 12.2. The quantitative estimate of drug-likeness (QED) is 0.677. The fraction of sp³-hybridized carbons (Fsp3) is 0.333. The summed E-state index contributed by atoms with van der Waals surface area (Å²) in [4.78, 5) is 9.72. The van der Waals surface area contributed by atoms with Gasteiger partial charge in [0.25, 0.3) is 5.69 Å². The molecule has 0 aliphatic rings. The summed E-state index contributed by atoms with van der Waals surface area (Å²) in [5.41, 5.74) is 4.78. The maximum atomic E-state index is 12.2. The molecule has 0 aliphatic carbocycles. The molecule has 17 heavy (non-hydrogen) atoms. The van der Waals surface area contributed by atoms with Gasteiger partial charge in [-0.05, 0) is 18.1 Å². The fourth-order valence-corrected chi connectivity index (χ4v) is 1.47. The van der Waals surface area contributed by atoms with E-state index in [2.05, 4.69) is 0 Å². The molecule has 1 aromatic carbocycles. The minimum Gasteiger partial charge on any atom is -0.320 e. The molecule has 1 unspecified atom stereocenters. The SMILES string of the molecule is NC(Cc1ccc([N+](=O)[O-])c(Cl)c1)C(F)(F)F. The predicted octanol–water partition coefficient (Wildman–Crippen LogP) is 2.68. The first-order valence-electron chi connectivity index (χ1n) is 4.47. The molecular formula is C9H8ClF3N2O2. The van der Waals surface area contributed by atoms with E-state index >= 15 is 0 Å². The van der Waals surface area contributed by atoms with Gasteiger partial charge in [0, 0.05) is 6.07 Å². The van der Waals surface area contributed by atoms with E-state index in [0.29, 0.717) is 0 Å². The standard InChI is InChI=1S/C9H8ClF3N2O2/c10-6-3-5(1-2-7(6)15(16)17)4-8(14)9(11,12)13/h1-3,8H,4,14H2. The van der Waals surface area contributed by atoms with Crippen LogP contribution in [0.2, 0.25) is 5.02 Å². The van der Waals surface area contributed by atoms with Crippen molar-refractivity contribution in [3.8, 4) is 0 Å². The topological polar surface area (TPSA) is 69.2 Å².